The molecule has 1 N–H and O–H groups in total. The van der Waals surface area contributed by atoms with Crippen LogP contribution in [0.2, 0.25) is 0 Å². The molecule has 2 heterocycles. The van der Waals surface area contributed by atoms with Crippen molar-refractivity contribution in [1.29, 1.82) is 0 Å². The summed E-state index contributed by atoms with van der Waals surface area (Å²) < 4.78 is 5.29. The third kappa shape index (κ3) is 2.34. The van der Waals surface area contributed by atoms with E-state index in [0.29, 0.717) is 11.9 Å². The Hall–Kier alpha value is -1.55. The highest BCUT2D eigenvalue weighted by molar-refractivity contribution is 7.10. The SMILES string of the molecule is COc1ncccc1NC(c1cccs1)C1CC1. The van der Waals surface area contributed by atoms with E-state index in [2.05, 4.69) is 27.8 Å². The van der Waals surface area contributed by atoms with E-state index in [4.69, 9.17) is 4.74 Å². The molecule has 2 aromatic heterocycles. The van der Waals surface area contributed by atoms with Crippen LogP contribution in [0.4, 0.5) is 5.69 Å². The van der Waals surface area contributed by atoms with Crippen LogP contribution in [0.1, 0.15) is 23.8 Å². The molecule has 0 radical (unpaired) electrons. The molecule has 0 saturated heterocycles. The second kappa shape index (κ2) is 4.98. The van der Waals surface area contributed by atoms with Crippen LogP contribution in [0.5, 0.6) is 5.88 Å². The molecule has 1 aliphatic rings. The van der Waals surface area contributed by atoms with E-state index in [1.165, 1.54) is 17.7 Å². The summed E-state index contributed by atoms with van der Waals surface area (Å²) in [6, 6.07) is 8.65. The van der Waals surface area contributed by atoms with Gasteiger partial charge in [0.2, 0.25) is 5.88 Å². The van der Waals surface area contributed by atoms with Gasteiger partial charge in [0.25, 0.3) is 0 Å². The van der Waals surface area contributed by atoms with Crippen LogP contribution in [0, 0.1) is 5.92 Å². The van der Waals surface area contributed by atoms with Gasteiger partial charge in [0.05, 0.1) is 18.8 Å². The minimum atomic E-state index is 0.392. The number of hydrogen-bond acceptors (Lipinski definition) is 4. The molecule has 0 spiro atoms. The smallest absolute Gasteiger partial charge is 0.237 e. The molecule has 0 amide bonds. The number of methoxy groups -OCH3 is 1. The maximum atomic E-state index is 5.29. The summed E-state index contributed by atoms with van der Waals surface area (Å²) in [5.74, 6) is 1.41. The maximum Gasteiger partial charge on any atom is 0.237 e. The number of pyridine rings is 1. The van der Waals surface area contributed by atoms with Gasteiger partial charge in [-0.1, -0.05) is 6.07 Å². The zero-order valence-corrected chi connectivity index (χ0v) is 11.1. The lowest BCUT2D eigenvalue weighted by Gasteiger charge is -2.19. The average Bonchev–Trinajstić information content (AvgIpc) is 3.11. The van der Waals surface area contributed by atoms with E-state index in [9.17, 15) is 0 Å². The first-order valence-electron chi connectivity index (χ1n) is 6.17. The highest BCUT2D eigenvalue weighted by Gasteiger charge is 2.33. The Balaban J connectivity index is 1.84. The molecule has 3 nitrogen and oxygen atoms in total. The van der Waals surface area contributed by atoms with E-state index in [1.54, 1.807) is 13.3 Å². The summed E-state index contributed by atoms with van der Waals surface area (Å²) in [6.45, 7) is 0. The van der Waals surface area contributed by atoms with Crippen molar-refractivity contribution in [3.05, 3.63) is 40.7 Å². The highest BCUT2D eigenvalue weighted by Crippen LogP contribution is 2.44. The topological polar surface area (TPSA) is 34.1 Å². The lowest BCUT2D eigenvalue weighted by molar-refractivity contribution is 0.399. The summed E-state index contributed by atoms with van der Waals surface area (Å²) in [5, 5.41) is 5.72. The van der Waals surface area contributed by atoms with Crippen molar-refractivity contribution < 1.29 is 4.74 Å². The van der Waals surface area contributed by atoms with Crippen molar-refractivity contribution in [1.82, 2.24) is 4.98 Å². The largest absolute Gasteiger partial charge is 0.480 e. The molecule has 0 bridgehead atoms. The van der Waals surface area contributed by atoms with Crippen molar-refractivity contribution in [3.8, 4) is 5.88 Å². The molecule has 0 aliphatic heterocycles. The Morgan fingerprint density at radius 2 is 2.28 bits per heavy atom. The molecule has 3 rings (SSSR count). The molecule has 1 saturated carbocycles. The van der Waals surface area contributed by atoms with Gasteiger partial charge in [-0.15, -0.1) is 11.3 Å². The van der Waals surface area contributed by atoms with Gasteiger partial charge in [-0.3, -0.25) is 0 Å². The predicted molar refractivity (Wildman–Crippen MR) is 74.2 cm³/mol. The molecule has 1 atom stereocenters. The van der Waals surface area contributed by atoms with E-state index >= 15 is 0 Å². The number of nitrogens with one attached hydrogen (secondary N) is 1. The minimum Gasteiger partial charge on any atom is -0.480 e. The first kappa shape index (κ1) is 11.5. The minimum absolute atomic E-state index is 0.392. The number of ether oxygens (including phenoxy) is 1. The second-order valence-electron chi connectivity index (χ2n) is 4.54. The fourth-order valence-corrected chi connectivity index (χ4v) is 3.02. The van der Waals surface area contributed by atoms with E-state index in [-0.39, 0.29) is 0 Å². The number of aromatic nitrogens is 1. The lowest BCUT2D eigenvalue weighted by Crippen LogP contribution is -2.12. The Morgan fingerprint density at radius 1 is 1.39 bits per heavy atom. The van der Waals surface area contributed by atoms with Gasteiger partial charge in [-0.2, -0.15) is 0 Å². The molecule has 2 aromatic rings. The summed E-state index contributed by atoms with van der Waals surface area (Å²) in [4.78, 5) is 5.62. The molecule has 94 valence electrons. The van der Waals surface area contributed by atoms with Crippen molar-refractivity contribution in [3.63, 3.8) is 0 Å². The van der Waals surface area contributed by atoms with Gasteiger partial charge in [0, 0.05) is 11.1 Å². The molecule has 0 aromatic carbocycles. The number of nitrogens with zero attached hydrogens (tertiary/aromatic N) is 1. The maximum absolute atomic E-state index is 5.29. The number of anilines is 1. The molecule has 4 heteroatoms. The number of rotatable bonds is 5. The molecule has 1 unspecified atom stereocenters. The highest BCUT2D eigenvalue weighted by atomic mass is 32.1. The van der Waals surface area contributed by atoms with Crippen molar-refractivity contribution in [2.75, 3.05) is 12.4 Å². The van der Waals surface area contributed by atoms with Gasteiger partial charge in [-0.25, -0.2) is 4.98 Å². The van der Waals surface area contributed by atoms with Gasteiger partial charge in [-0.05, 0) is 42.3 Å². The molecule has 1 fully saturated rings. The van der Waals surface area contributed by atoms with Crippen LogP contribution in [0.3, 0.4) is 0 Å². The molecule has 1 aliphatic carbocycles. The standard InChI is InChI=1S/C14H16N2OS/c1-17-14-11(4-2-8-15-14)16-13(10-6-7-10)12-5-3-9-18-12/h2-5,8-10,13,16H,6-7H2,1H3. The first-order chi connectivity index (χ1) is 8.88. The third-order valence-corrected chi connectivity index (χ3v) is 4.17. The summed E-state index contributed by atoms with van der Waals surface area (Å²) in [7, 11) is 1.66. The van der Waals surface area contributed by atoms with E-state index < -0.39 is 0 Å². The van der Waals surface area contributed by atoms with Crippen LogP contribution in [0.25, 0.3) is 0 Å². The number of hydrogen-bond donors (Lipinski definition) is 1. The second-order valence-corrected chi connectivity index (χ2v) is 5.51. The Bertz CT molecular complexity index is 508. The van der Waals surface area contributed by atoms with E-state index in [0.717, 1.165) is 11.6 Å². The average molecular weight is 260 g/mol. The van der Waals surface area contributed by atoms with Gasteiger partial charge < -0.3 is 10.1 Å². The molecule has 18 heavy (non-hydrogen) atoms. The molecular formula is C14H16N2OS. The van der Waals surface area contributed by atoms with Crippen molar-refractivity contribution in [2.45, 2.75) is 18.9 Å². The fourth-order valence-electron chi connectivity index (χ4n) is 2.15. The monoisotopic (exact) mass is 260 g/mol. The molecular weight excluding hydrogens is 244 g/mol. The van der Waals surface area contributed by atoms with E-state index in [1.807, 2.05) is 23.5 Å². The predicted octanol–water partition coefficient (Wildman–Crippen LogP) is 3.71. The van der Waals surface area contributed by atoms with Crippen molar-refractivity contribution in [2.24, 2.45) is 5.92 Å². The van der Waals surface area contributed by atoms with Crippen molar-refractivity contribution >= 4 is 17.0 Å². The Labute approximate surface area is 111 Å². The summed E-state index contributed by atoms with van der Waals surface area (Å²) in [5.41, 5.74) is 0.977. The van der Waals surface area contributed by atoms with Crippen LogP contribution >= 0.6 is 11.3 Å². The zero-order chi connectivity index (χ0) is 12.4. The van der Waals surface area contributed by atoms with Crippen LogP contribution in [0.15, 0.2) is 35.8 Å². The third-order valence-electron chi connectivity index (χ3n) is 3.22. The summed E-state index contributed by atoms with van der Waals surface area (Å²) in [6.07, 6.45) is 4.36. The normalized spacial score (nSPS) is 16.3. The Morgan fingerprint density at radius 3 is 2.94 bits per heavy atom. The fraction of sp³-hybridized carbons (Fsp3) is 0.357. The van der Waals surface area contributed by atoms with Gasteiger partial charge in [0.15, 0.2) is 0 Å². The van der Waals surface area contributed by atoms with Crippen LogP contribution in [-0.2, 0) is 0 Å². The zero-order valence-electron chi connectivity index (χ0n) is 10.3. The van der Waals surface area contributed by atoms with Crippen LogP contribution < -0.4 is 10.1 Å². The summed E-state index contributed by atoms with van der Waals surface area (Å²) >= 11 is 1.81. The van der Waals surface area contributed by atoms with Gasteiger partial charge in [0.1, 0.15) is 0 Å². The Kier molecular flexibility index (Phi) is 3.19. The van der Waals surface area contributed by atoms with Gasteiger partial charge >= 0.3 is 0 Å². The van der Waals surface area contributed by atoms with Crippen LogP contribution in [-0.4, -0.2) is 12.1 Å². The number of thiophene rings is 1. The first-order valence-corrected chi connectivity index (χ1v) is 7.05. The lowest BCUT2D eigenvalue weighted by atomic mass is 10.1. The quantitative estimate of drug-likeness (QED) is 0.889.